The molecule has 2 aromatic carbocycles. The monoisotopic (exact) mass is 566 g/mol. The zero-order valence-corrected chi connectivity index (χ0v) is 25.5. The lowest BCUT2D eigenvalue weighted by Gasteiger charge is -2.35. The van der Waals surface area contributed by atoms with Crippen LogP contribution < -0.4 is 16.4 Å². The highest BCUT2D eigenvalue weighted by atomic mass is 16.6. The number of nitrogens with two attached hydrogens (primary N) is 1. The summed E-state index contributed by atoms with van der Waals surface area (Å²) in [6.07, 6.45) is 1.45. The van der Waals surface area contributed by atoms with Gasteiger partial charge in [-0.05, 0) is 71.1 Å². The predicted molar refractivity (Wildman–Crippen MR) is 161 cm³/mol. The second-order valence-electron chi connectivity index (χ2n) is 11.5. The van der Waals surface area contributed by atoms with Crippen LogP contribution in [-0.2, 0) is 19.1 Å². The molecule has 2 rings (SSSR count). The van der Waals surface area contributed by atoms with Gasteiger partial charge in [0.1, 0.15) is 17.7 Å². The standard InChI is InChI=1S/C32H46N4O5/c1-8-9-10-20-36(30(39)25(18-19-26(33)37)34-31(40)41-32(5,6)7)28(24-16-14-21(2)15-17-24)29(38)35-27-22(3)12-11-13-23(27)4/h11-17,25,28H,8-10,18-20H2,1-7H3,(H2,33,37)(H,34,40)(H,35,38). The molecule has 0 saturated carbocycles. The molecule has 0 bridgehead atoms. The first-order valence-electron chi connectivity index (χ1n) is 14.3. The van der Waals surface area contributed by atoms with Crippen molar-refractivity contribution in [2.45, 2.75) is 98.3 Å². The first-order valence-corrected chi connectivity index (χ1v) is 14.3. The van der Waals surface area contributed by atoms with Crippen molar-refractivity contribution in [3.63, 3.8) is 0 Å². The van der Waals surface area contributed by atoms with E-state index < -0.39 is 35.6 Å². The fraction of sp³-hybridized carbons (Fsp3) is 0.500. The molecule has 0 spiro atoms. The van der Waals surface area contributed by atoms with Crippen LogP contribution in [0.1, 0.15) is 88.1 Å². The predicted octanol–water partition coefficient (Wildman–Crippen LogP) is 5.47. The normalized spacial score (nSPS) is 12.7. The largest absolute Gasteiger partial charge is 0.444 e. The summed E-state index contributed by atoms with van der Waals surface area (Å²) in [7, 11) is 0. The number of aryl methyl sites for hydroxylation is 3. The first-order chi connectivity index (χ1) is 19.2. The molecule has 0 radical (unpaired) electrons. The zero-order chi connectivity index (χ0) is 30.7. The van der Waals surface area contributed by atoms with Gasteiger partial charge in [0.15, 0.2) is 0 Å². The lowest BCUT2D eigenvalue weighted by molar-refractivity contribution is -0.141. The molecule has 0 aliphatic heterocycles. The summed E-state index contributed by atoms with van der Waals surface area (Å²) in [4.78, 5) is 54.2. The molecule has 0 aliphatic carbocycles. The molecule has 2 aromatic rings. The van der Waals surface area contributed by atoms with Gasteiger partial charge in [-0.3, -0.25) is 14.4 Å². The molecule has 224 valence electrons. The number of rotatable bonds is 13. The van der Waals surface area contributed by atoms with Crippen molar-refractivity contribution < 1.29 is 23.9 Å². The molecule has 2 atom stereocenters. The number of carbonyl (C=O) groups excluding carboxylic acids is 4. The topological polar surface area (TPSA) is 131 Å². The van der Waals surface area contributed by atoms with Gasteiger partial charge >= 0.3 is 6.09 Å². The van der Waals surface area contributed by atoms with Gasteiger partial charge in [0, 0.05) is 18.7 Å². The highest BCUT2D eigenvalue weighted by Crippen LogP contribution is 2.28. The molecule has 2 unspecified atom stereocenters. The number of benzene rings is 2. The van der Waals surface area contributed by atoms with Gasteiger partial charge in [-0.25, -0.2) is 4.79 Å². The second-order valence-corrected chi connectivity index (χ2v) is 11.5. The quantitative estimate of drug-likeness (QED) is 0.277. The minimum absolute atomic E-state index is 0.0309. The van der Waals surface area contributed by atoms with Crippen molar-refractivity contribution in [1.29, 1.82) is 0 Å². The number of ether oxygens (including phenoxy) is 1. The molecule has 9 heteroatoms. The van der Waals surface area contributed by atoms with E-state index >= 15 is 0 Å². The molecular weight excluding hydrogens is 520 g/mol. The van der Waals surface area contributed by atoms with Crippen molar-refractivity contribution in [1.82, 2.24) is 10.2 Å². The van der Waals surface area contributed by atoms with Crippen molar-refractivity contribution in [2.75, 3.05) is 11.9 Å². The van der Waals surface area contributed by atoms with Crippen LogP contribution in [-0.4, -0.2) is 46.9 Å². The molecule has 0 saturated heterocycles. The van der Waals surface area contributed by atoms with Gasteiger partial charge in [-0.1, -0.05) is 67.8 Å². The lowest BCUT2D eigenvalue weighted by atomic mass is 9.99. The number of alkyl carbamates (subject to hydrolysis) is 1. The number of para-hydroxylation sites is 1. The summed E-state index contributed by atoms with van der Waals surface area (Å²) >= 11 is 0. The van der Waals surface area contributed by atoms with Crippen LogP contribution in [0, 0.1) is 20.8 Å². The summed E-state index contributed by atoms with van der Waals surface area (Å²) in [6.45, 7) is 13.3. The Morgan fingerprint density at radius 1 is 0.951 bits per heavy atom. The Labute approximate surface area is 244 Å². The van der Waals surface area contributed by atoms with E-state index in [1.165, 1.54) is 4.90 Å². The van der Waals surface area contributed by atoms with E-state index in [1.54, 1.807) is 20.8 Å². The number of hydrogen-bond donors (Lipinski definition) is 3. The van der Waals surface area contributed by atoms with E-state index in [0.717, 1.165) is 29.5 Å². The minimum atomic E-state index is -1.13. The third kappa shape index (κ3) is 10.6. The van der Waals surface area contributed by atoms with E-state index in [4.69, 9.17) is 10.5 Å². The number of anilines is 1. The Morgan fingerprint density at radius 2 is 1.56 bits per heavy atom. The maximum atomic E-state index is 14.2. The molecule has 0 aliphatic rings. The molecule has 0 aromatic heterocycles. The van der Waals surface area contributed by atoms with Crippen molar-refractivity contribution in [2.24, 2.45) is 5.73 Å². The van der Waals surface area contributed by atoms with Crippen LogP contribution in [0.5, 0.6) is 0 Å². The average molecular weight is 567 g/mol. The highest BCUT2D eigenvalue weighted by Gasteiger charge is 2.36. The van der Waals surface area contributed by atoms with Gasteiger partial charge in [-0.2, -0.15) is 0 Å². The van der Waals surface area contributed by atoms with Gasteiger partial charge in [0.05, 0.1) is 0 Å². The second kappa shape index (κ2) is 15.2. The summed E-state index contributed by atoms with van der Waals surface area (Å²) in [5.74, 6) is -1.47. The fourth-order valence-corrected chi connectivity index (χ4v) is 4.52. The summed E-state index contributed by atoms with van der Waals surface area (Å²) < 4.78 is 5.40. The number of nitrogens with zero attached hydrogens (tertiary/aromatic N) is 1. The molecular formula is C32H46N4O5. The van der Waals surface area contributed by atoms with Crippen LogP contribution in [0.4, 0.5) is 10.5 Å². The van der Waals surface area contributed by atoms with E-state index in [1.807, 2.05) is 63.2 Å². The number of unbranched alkanes of at least 4 members (excludes halogenated alkanes) is 2. The molecule has 41 heavy (non-hydrogen) atoms. The lowest BCUT2D eigenvalue weighted by Crippen LogP contribution is -2.53. The zero-order valence-electron chi connectivity index (χ0n) is 25.5. The van der Waals surface area contributed by atoms with Crippen molar-refractivity contribution in [3.8, 4) is 0 Å². The smallest absolute Gasteiger partial charge is 0.408 e. The number of nitrogens with one attached hydrogen (secondary N) is 2. The Bertz CT molecular complexity index is 1180. The summed E-state index contributed by atoms with van der Waals surface area (Å²) in [5.41, 5.74) is 8.74. The van der Waals surface area contributed by atoms with E-state index in [-0.39, 0.29) is 25.3 Å². The third-order valence-corrected chi connectivity index (χ3v) is 6.64. The Balaban J connectivity index is 2.58. The van der Waals surface area contributed by atoms with E-state index in [2.05, 4.69) is 17.6 Å². The Morgan fingerprint density at radius 3 is 2.10 bits per heavy atom. The van der Waals surface area contributed by atoms with Crippen molar-refractivity contribution in [3.05, 3.63) is 64.7 Å². The summed E-state index contributed by atoms with van der Waals surface area (Å²) in [5, 5.41) is 5.69. The number of carbonyl (C=O) groups is 4. The van der Waals surface area contributed by atoms with E-state index in [9.17, 15) is 19.2 Å². The SMILES string of the molecule is CCCCCN(C(=O)C(CCC(N)=O)NC(=O)OC(C)(C)C)C(C(=O)Nc1c(C)cccc1C)c1ccc(C)cc1. The highest BCUT2D eigenvalue weighted by molar-refractivity contribution is 6.00. The fourth-order valence-electron chi connectivity index (χ4n) is 4.52. The summed E-state index contributed by atoms with van der Waals surface area (Å²) in [6, 6.07) is 11.1. The third-order valence-electron chi connectivity index (χ3n) is 6.64. The van der Waals surface area contributed by atoms with Gasteiger partial charge in [-0.15, -0.1) is 0 Å². The van der Waals surface area contributed by atoms with Crippen LogP contribution in [0.25, 0.3) is 0 Å². The van der Waals surface area contributed by atoms with Crippen molar-refractivity contribution >= 4 is 29.5 Å². The van der Waals surface area contributed by atoms with Crippen LogP contribution in [0.15, 0.2) is 42.5 Å². The molecule has 4 N–H and O–H groups in total. The molecule has 9 nitrogen and oxygen atoms in total. The number of hydrogen-bond acceptors (Lipinski definition) is 5. The molecule has 0 heterocycles. The maximum absolute atomic E-state index is 14.2. The van der Waals surface area contributed by atoms with Gasteiger partial charge < -0.3 is 26.0 Å². The minimum Gasteiger partial charge on any atom is -0.444 e. The Kier molecular flexibility index (Phi) is 12.4. The first kappa shape index (κ1) is 33.3. The molecule has 0 fully saturated rings. The maximum Gasteiger partial charge on any atom is 0.408 e. The van der Waals surface area contributed by atoms with Crippen LogP contribution >= 0.6 is 0 Å². The van der Waals surface area contributed by atoms with E-state index in [0.29, 0.717) is 17.7 Å². The number of amides is 4. The van der Waals surface area contributed by atoms with Gasteiger partial charge in [0.25, 0.3) is 5.91 Å². The average Bonchev–Trinajstić information content (AvgIpc) is 2.87. The Hall–Kier alpha value is -3.88. The van der Waals surface area contributed by atoms with Gasteiger partial charge in [0.2, 0.25) is 11.8 Å². The molecule has 4 amide bonds. The van der Waals surface area contributed by atoms with Crippen LogP contribution in [0.3, 0.4) is 0 Å². The number of primary amides is 1. The van der Waals surface area contributed by atoms with Crippen LogP contribution in [0.2, 0.25) is 0 Å².